The SMILES string of the molecule is CCOC(=O)C(C)=CNc1ccc(C)cn1. The van der Waals surface area contributed by atoms with E-state index in [-0.39, 0.29) is 5.97 Å². The van der Waals surface area contributed by atoms with E-state index in [1.165, 1.54) is 0 Å². The topological polar surface area (TPSA) is 51.2 Å². The molecule has 1 N–H and O–H groups in total. The Balaban J connectivity index is 2.58. The molecule has 0 radical (unpaired) electrons. The molecule has 1 aromatic rings. The highest BCUT2D eigenvalue weighted by Crippen LogP contribution is 2.05. The molecule has 4 nitrogen and oxygen atoms in total. The van der Waals surface area contributed by atoms with Crippen LogP contribution in [0.3, 0.4) is 0 Å². The van der Waals surface area contributed by atoms with Crippen molar-refractivity contribution in [3.8, 4) is 0 Å². The van der Waals surface area contributed by atoms with Gasteiger partial charge in [0.1, 0.15) is 5.82 Å². The number of hydrogen-bond acceptors (Lipinski definition) is 4. The summed E-state index contributed by atoms with van der Waals surface area (Å²) < 4.78 is 4.84. The monoisotopic (exact) mass is 220 g/mol. The van der Waals surface area contributed by atoms with Gasteiger partial charge in [-0.15, -0.1) is 0 Å². The molecule has 86 valence electrons. The van der Waals surface area contributed by atoms with Crippen molar-refractivity contribution in [3.05, 3.63) is 35.7 Å². The molecule has 0 aliphatic heterocycles. The smallest absolute Gasteiger partial charge is 0.335 e. The minimum Gasteiger partial charge on any atom is -0.463 e. The van der Waals surface area contributed by atoms with E-state index >= 15 is 0 Å². The maximum Gasteiger partial charge on any atom is 0.335 e. The summed E-state index contributed by atoms with van der Waals surface area (Å²) in [6.45, 7) is 5.82. The van der Waals surface area contributed by atoms with E-state index in [0.717, 1.165) is 5.56 Å². The average Bonchev–Trinajstić information content (AvgIpc) is 2.28. The lowest BCUT2D eigenvalue weighted by Gasteiger charge is -2.03. The number of pyridine rings is 1. The van der Waals surface area contributed by atoms with Crippen LogP contribution in [0.25, 0.3) is 0 Å². The van der Waals surface area contributed by atoms with E-state index in [2.05, 4.69) is 10.3 Å². The van der Waals surface area contributed by atoms with Gasteiger partial charge in [-0.05, 0) is 32.4 Å². The predicted octanol–water partition coefficient (Wildman–Crippen LogP) is 2.27. The Morgan fingerprint density at radius 1 is 1.56 bits per heavy atom. The first kappa shape index (κ1) is 12.2. The zero-order valence-electron chi connectivity index (χ0n) is 9.78. The van der Waals surface area contributed by atoms with Gasteiger partial charge in [0.25, 0.3) is 0 Å². The van der Waals surface area contributed by atoms with E-state index in [1.54, 1.807) is 26.2 Å². The lowest BCUT2D eigenvalue weighted by molar-refractivity contribution is -0.138. The number of aromatic nitrogens is 1. The molecule has 16 heavy (non-hydrogen) atoms. The molecular weight excluding hydrogens is 204 g/mol. The van der Waals surface area contributed by atoms with Crippen LogP contribution in [0.4, 0.5) is 5.82 Å². The van der Waals surface area contributed by atoms with E-state index in [1.807, 2.05) is 19.1 Å². The molecule has 0 saturated carbocycles. The highest BCUT2D eigenvalue weighted by atomic mass is 16.5. The van der Waals surface area contributed by atoms with Gasteiger partial charge in [-0.2, -0.15) is 0 Å². The Morgan fingerprint density at radius 3 is 2.88 bits per heavy atom. The normalized spacial score (nSPS) is 11.1. The van der Waals surface area contributed by atoms with Crippen LogP contribution in [-0.4, -0.2) is 17.6 Å². The molecule has 0 fully saturated rings. The average molecular weight is 220 g/mol. The van der Waals surface area contributed by atoms with Gasteiger partial charge in [-0.25, -0.2) is 9.78 Å². The number of aryl methyl sites for hydroxylation is 1. The molecule has 4 heteroatoms. The molecule has 0 unspecified atom stereocenters. The molecule has 1 heterocycles. The van der Waals surface area contributed by atoms with Crippen molar-refractivity contribution in [1.29, 1.82) is 0 Å². The Labute approximate surface area is 95.3 Å². The van der Waals surface area contributed by atoms with Crippen LogP contribution in [0.15, 0.2) is 30.1 Å². The first-order valence-corrected chi connectivity index (χ1v) is 5.16. The fourth-order valence-corrected chi connectivity index (χ4v) is 1.04. The number of rotatable bonds is 4. The third-order valence-electron chi connectivity index (χ3n) is 1.95. The molecule has 0 aromatic carbocycles. The number of esters is 1. The number of carbonyl (C=O) groups excluding carboxylic acids is 1. The number of nitrogens with zero attached hydrogens (tertiary/aromatic N) is 1. The second kappa shape index (κ2) is 5.90. The summed E-state index contributed by atoms with van der Waals surface area (Å²) in [5.74, 6) is 0.386. The Kier molecular flexibility index (Phi) is 4.51. The zero-order chi connectivity index (χ0) is 12.0. The molecule has 0 bridgehead atoms. The third-order valence-corrected chi connectivity index (χ3v) is 1.95. The van der Waals surface area contributed by atoms with Crippen molar-refractivity contribution in [1.82, 2.24) is 4.98 Å². The van der Waals surface area contributed by atoms with Crippen molar-refractivity contribution < 1.29 is 9.53 Å². The molecule has 0 atom stereocenters. The van der Waals surface area contributed by atoms with E-state index in [0.29, 0.717) is 18.0 Å². The number of anilines is 1. The van der Waals surface area contributed by atoms with Crippen molar-refractivity contribution >= 4 is 11.8 Å². The molecule has 1 aromatic heterocycles. The highest BCUT2D eigenvalue weighted by molar-refractivity contribution is 5.88. The zero-order valence-corrected chi connectivity index (χ0v) is 9.78. The summed E-state index contributed by atoms with van der Waals surface area (Å²) in [4.78, 5) is 15.4. The maximum atomic E-state index is 11.3. The van der Waals surface area contributed by atoms with Gasteiger partial charge in [0.2, 0.25) is 0 Å². The van der Waals surface area contributed by atoms with Crippen LogP contribution in [-0.2, 0) is 9.53 Å². The van der Waals surface area contributed by atoms with Gasteiger partial charge >= 0.3 is 5.97 Å². The summed E-state index contributed by atoms with van der Waals surface area (Å²) in [5, 5.41) is 2.94. The minimum atomic E-state index is -0.317. The standard InChI is InChI=1S/C12H16N2O2/c1-4-16-12(15)10(3)8-14-11-6-5-9(2)7-13-11/h5-8H,4H2,1-3H3,(H,13,14). The van der Waals surface area contributed by atoms with Gasteiger partial charge in [-0.3, -0.25) is 0 Å². The Morgan fingerprint density at radius 2 is 2.31 bits per heavy atom. The first-order valence-electron chi connectivity index (χ1n) is 5.16. The summed E-state index contributed by atoms with van der Waals surface area (Å²) >= 11 is 0. The summed E-state index contributed by atoms with van der Waals surface area (Å²) in [7, 11) is 0. The van der Waals surface area contributed by atoms with Gasteiger partial charge in [0, 0.05) is 12.4 Å². The van der Waals surface area contributed by atoms with Crippen LogP contribution in [0, 0.1) is 6.92 Å². The molecule has 0 spiro atoms. The number of ether oxygens (including phenoxy) is 1. The van der Waals surface area contributed by atoms with E-state index < -0.39 is 0 Å². The number of hydrogen-bond donors (Lipinski definition) is 1. The van der Waals surface area contributed by atoms with E-state index in [4.69, 9.17) is 4.74 Å². The fourth-order valence-electron chi connectivity index (χ4n) is 1.04. The maximum absolute atomic E-state index is 11.3. The number of nitrogens with one attached hydrogen (secondary N) is 1. The molecule has 0 saturated heterocycles. The van der Waals surface area contributed by atoms with Crippen LogP contribution < -0.4 is 5.32 Å². The van der Waals surface area contributed by atoms with Gasteiger partial charge < -0.3 is 10.1 Å². The van der Waals surface area contributed by atoms with Crippen LogP contribution in [0.5, 0.6) is 0 Å². The largest absolute Gasteiger partial charge is 0.463 e. The van der Waals surface area contributed by atoms with Crippen molar-refractivity contribution in [2.75, 3.05) is 11.9 Å². The van der Waals surface area contributed by atoms with Gasteiger partial charge in [-0.1, -0.05) is 6.07 Å². The van der Waals surface area contributed by atoms with Crippen LogP contribution in [0.2, 0.25) is 0 Å². The Bertz CT molecular complexity index is 383. The first-order chi connectivity index (χ1) is 7.63. The summed E-state index contributed by atoms with van der Waals surface area (Å²) in [6.07, 6.45) is 3.35. The van der Waals surface area contributed by atoms with Crippen molar-refractivity contribution in [2.45, 2.75) is 20.8 Å². The predicted molar refractivity (Wildman–Crippen MR) is 63.0 cm³/mol. The molecular formula is C12H16N2O2. The van der Waals surface area contributed by atoms with Gasteiger partial charge in [0.15, 0.2) is 0 Å². The summed E-state index contributed by atoms with van der Waals surface area (Å²) in [5.41, 5.74) is 1.61. The lowest BCUT2D eigenvalue weighted by atomic mass is 10.3. The third kappa shape index (κ3) is 3.73. The lowest BCUT2D eigenvalue weighted by Crippen LogP contribution is -2.06. The molecule has 1 rings (SSSR count). The summed E-state index contributed by atoms with van der Waals surface area (Å²) in [6, 6.07) is 3.80. The molecule has 0 amide bonds. The van der Waals surface area contributed by atoms with E-state index in [9.17, 15) is 4.79 Å². The minimum absolute atomic E-state index is 0.317. The second-order valence-corrected chi connectivity index (χ2v) is 3.41. The van der Waals surface area contributed by atoms with Crippen molar-refractivity contribution in [3.63, 3.8) is 0 Å². The second-order valence-electron chi connectivity index (χ2n) is 3.41. The fraction of sp³-hybridized carbons (Fsp3) is 0.333. The highest BCUT2D eigenvalue weighted by Gasteiger charge is 2.03. The number of carbonyl (C=O) groups is 1. The Hall–Kier alpha value is -1.84. The van der Waals surface area contributed by atoms with Crippen LogP contribution in [0.1, 0.15) is 19.4 Å². The van der Waals surface area contributed by atoms with Crippen molar-refractivity contribution in [2.24, 2.45) is 0 Å². The molecule has 0 aliphatic rings. The quantitative estimate of drug-likeness (QED) is 0.624. The molecule has 0 aliphatic carbocycles. The van der Waals surface area contributed by atoms with Gasteiger partial charge in [0.05, 0.1) is 12.2 Å². The van der Waals surface area contributed by atoms with Crippen LogP contribution >= 0.6 is 0 Å².